The molecule has 0 radical (unpaired) electrons. The molecule has 0 unspecified atom stereocenters. The Balaban J connectivity index is 1.77. The largest absolute Gasteiger partial charge is 0.454 e. The number of halogens is 2. The maximum Gasteiger partial charge on any atom is 0.340 e. The first-order valence-corrected chi connectivity index (χ1v) is 8.51. The van der Waals surface area contributed by atoms with E-state index in [9.17, 15) is 14.0 Å². The lowest BCUT2D eigenvalue weighted by atomic mass is 10.1. The van der Waals surface area contributed by atoms with Gasteiger partial charge in [-0.05, 0) is 50.2 Å². The fourth-order valence-electron chi connectivity index (χ4n) is 2.85. The molecule has 1 aromatic carbocycles. The fraction of sp³-hybridized carbons (Fsp3) is 0.150. The number of carbonyl (C=O) groups excluding carboxylic acids is 2. The highest BCUT2D eigenvalue weighted by Crippen LogP contribution is 2.22. The van der Waals surface area contributed by atoms with Gasteiger partial charge >= 0.3 is 5.97 Å². The Hall–Kier alpha value is -2.99. The molecule has 0 atom stereocenters. The van der Waals surface area contributed by atoms with Crippen molar-refractivity contribution in [2.75, 3.05) is 6.61 Å². The van der Waals surface area contributed by atoms with Crippen molar-refractivity contribution >= 4 is 23.4 Å². The summed E-state index contributed by atoms with van der Waals surface area (Å²) >= 11 is 5.68. The molecule has 138 valence electrons. The SMILES string of the molecule is Cc1cc(C(=O)COC(=O)c2ccc(Cl)nc2)c(C)n1-c1cccc(F)c1. The third-order valence-corrected chi connectivity index (χ3v) is 4.32. The van der Waals surface area contributed by atoms with Gasteiger partial charge in [0.15, 0.2) is 6.61 Å². The van der Waals surface area contributed by atoms with Crippen molar-refractivity contribution in [3.05, 3.63) is 82.1 Å². The average Bonchev–Trinajstić information content (AvgIpc) is 2.94. The van der Waals surface area contributed by atoms with Crippen LogP contribution in [0.3, 0.4) is 0 Å². The summed E-state index contributed by atoms with van der Waals surface area (Å²) in [7, 11) is 0. The maximum atomic E-state index is 13.5. The van der Waals surface area contributed by atoms with Crippen LogP contribution >= 0.6 is 11.6 Å². The number of carbonyl (C=O) groups is 2. The fourth-order valence-corrected chi connectivity index (χ4v) is 2.96. The third kappa shape index (κ3) is 4.06. The summed E-state index contributed by atoms with van der Waals surface area (Å²) in [6.07, 6.45) is 1.28. The lowest BCUT2D eigenvalue weighted by Gasteiger charge is -2.10. The van der Waals surface area contributed by atoms with Gasteiger partial charge < -0.3 is 9.30 Å². The van der Waals surface area contributed by atoms with Gasteiger partial charge in [0, 0.05) is 28.8 Å². The van der Waals surface area contributed by atoms with E-state index in [-0.39, 0.29) is 22.3 Å². The molecule has 2 aromatic heterocycles. The molecule has 0 aliphatic carbocycles. The summed E-state index contributed by atoms with van der Waals surface area (Å²) in [5.74, 6) is -1.37. The number of aryl methyl sites for hydroxylation is 1. The van der Waals surface area contributed by atoms with Gasteiger partial charge in [-0.2, -0.15) is 0 Å². The summed E-state index contributed by atoms with van der Waals surface area (Å²) in [5.41, 5.74) is 2.66. The Labute approximate surface area is 160 Å². The van der Waals surface area contributed by atoms with Gasteiger partial charge in [-0.3, -0.25) is 4.79 Å². The van der Waals surface area contributed by atoms with Crippen LogP contribution in [0.2, 0.25) is 5.15 Å². The zero-order valence-corrected chi connectivity index (χ0v) is 15.5. The molecular formula is C20H16ClFN2O3. The van der Waals surface area contributed by atoms with E-state index in [1.165, 1.54) is 30.5 Å². The van der Waals surface area contributed by atoms with E-state index in [2.05, 4.69) is 4.98 Å². The number of benzene rings is 1. The molecule has 3 aromatic rings. The molecular weight excluding hydrogens is 371 g/mol. The molecule has 3 rings (SSSR count). The highest BCUT2D eigenvalue weighted by atomic mass is 35.5. The highest BCUT2D eigenvalue weighted by Gasteiger charge is 2.19. The second-order valence-electron chi connectivity index (χ2n) is 5.97. The summed E-state index contributed by atoms with van der Waals surface area (Å²) in [6, 6.07) is 10.7. The molecule has 0 aliphatic rings. The average molecular weight is 387 g/mol. The third-order valence-electron chi connectivity index (χ3n) is 4.10. The van der Waals surface area contributed by atoms with Gasteiger partial charge in [-0.1, -0.05) is 17.7 Å². The minimum atomic E-state index is -0.661. The molecule has 27 heavy (non-hydrogen) atoms. The quantitative estimate of drug-likeness (QED) is 0.372. The molecule has 0 bridgehead atoms. The Kier molecular flexibility index (Phi) is 5.37. The molecule has 0 saturated heterocycles. The van der Waals surface area contributed by atoms with Gasteiger partial charge in [0.2, 0.25) is 5.78 Å². The van der Waals surface area contributed by atoms with E-state index in [1.54, 1.807) is 29.7 Å². The molecule has 5 nitrogen and oxygen atoms in total. The topological polar surface area (TPSA) is 61.2 Å². The predicted molar refractivity (Wildman–Crippen MR) is 99.1 cm³/mol. The smallest absolute Gasteiger partial charge is 0.340 e. The number of aromatic nitrogens is 2. The van der Waals surface area contributed by atoms with Crippen LogP contribution in [0, 0.1) is 19.7 Å². The summed E-state index contributed by atoms with van der Waals surface area (Å²) in [6.45, 7) is 3.17. The van der Waals surface area contributed by atoms with Crippen LogP contribution in [0.15, 0.2) is 48.7 Å². The number of rotatable bonds is 5. The van der Waals surface area contributed by atoms with Crippen molar-refractivity contribution in [1.82, 2.24) is 9.55 Å². The van der Waals surface area contributed by atoms with E-state index < -0.39 is 12.6 Å². The summed E-state index contributed by atoms with van der Waals surface area (Å²) in [5, 5.41) is 0.257. The van der Waals surface area contributed by atoms with Crippen molar-refractivity contribution in [2.24, 2.45) is 0 Å². The molecule has 7 heteroatoms. The lowest BCUT2D eigenvalue weighted by molar-refractivity contribution is 0.0474. The standard InChI is InChI=1S/C20H16ClFN2O3/c1-12-8-17(13(2)24(12)16-5-3-4-15(22)9-16)18(25)11-27-20(26)14-6-7-19(21)23-10-14/h3-10H,11H2,1-2H3. The molecule has 0 aliphatic heterocycles. The van der Waals surface area contributed by atoms with Gasteiger partial charge in [-0.15, -0.1) is 0 Å². The number of pyridine rings is 1. The molecule has 0 spiro atoms. The Morgan fingerprint density at radius 3 is 2.63 bits per heavy atom. The minimum absolute atomic E-state index is 0.206. The first-order valence-electron chi connectivity index (χ1n) is 8.13. The van der Waals surface area contributed by atoms with Gasteiger partial charge in [-0.25, -0.2) is 14.2 Å². The van der Waals surface area contributed by atoms with Crippen molar-refractivity contribution < 1.29 is 18.7 Å². The van der Waals surface area contributed by atoms with Crippen LogP contribution in [0.1, 0.15) is 32.1 Å². The molecule has 0 N–H and O–H groups in total. The summed E-state index contributed by atoms with van der Waals surface area (Å²) in [4.78, 5) is 28.3. The van der Waals surface area contributed by atoms with Gasteiger partial charge in [0.1, 0.15) is 11.0 Å². The van der Waals surface area contributed by atoms with E-state index in [0.29, 0.717) is 16.9 Å². The van der Waals surface area contributed by atoms with E-state index in [1.807, 2.05) is 6.92 Å². The van der Waals surface area contributed by atoms with Gasteiger partial charge in [0.25, 0.3) is 0 Å². The number of ketones is 1. The van der Waals surface area contributed by atoms with E-state index in [0.717, 1.165) is 5.69 Å². The van der Waals surface area contributed by atoms with Crippen molar-refractivity contribution in [1.29, 1.82) is 0 Å². The Morgan fingerprint density at radius 2 is 1.96 bits per heavy atom. The van der Waals surface area contributed by atoms with Crippen LogP contribution < -0.4 is 0 Å². The number of esters is 1. The number of ether oxygens (including phenoxy) is 1. The number of nitrogens with zero attached hydrogens (tertiary/aromatic N) is 2. The highest BCUT2D eigenvalue weighted by molar-refractivity contribution is 6.29. The lowest BCUT2D eigenvalue weighted by Crippen LogP contribution is -2.15. The molecule has 0 fully saturated rings. The zero-order chi connectivity index (χ0) is 19.6. The molecule has 0 saturated carbocycles. The number of hydrogen-bond acceptors (Lipinski definition) is 4. The van der Waals surface area contributed by atoms with Crippen LogP contribution in [0.5, 0.6) is 0 Å². The Bertz CT molecular complexity index is 1010. The molecule has 0 amide bonds. The first kappa shape index (κ1) is 18.8. The molecule has 2 heterocycles. The van der Waals surface area contributed by atoms with Crippen LogP contribution in [-0.2, 0) is 4.74 Å². The second kappa shape index (κ2) is 7.72. The van der Waals surface area contributed by atoms with Crippen molar-refractivity contribution in [3.63, 3.8) is 0 Å². The van der Waals surface area contributed by atoms with E-state index >= 15 is 0 Å². The van der Waals surface area contributed by atoms with Crippen molar-refractivity contribution in [3.8, 4) is 5.69 Å². The van der Waals surface area contributed by atoms with Crippen LogP contribution in [0.4, 0.5) is 4.39 Å². The monoisotopic (exact) mass is 386 g/mol. The second-order valence-corrected chi connectivity index (χ2v) is 6.36. The predicted octanol–water partition coefficient (Wildman–Crippen LogP) is 4.32. The first-order chi connectivity index (χ1) is 12.9. The van der Waals surface area contributed by atoms with Crippen molar-refractivity contribution in [2.45, 2.75) is 13.8 Å². The maximum absolute atomic E-state index is 13.5. The number of Topliss-reactive ketones (excluding diaryl/α,β-unsaturated/α-hetero) is 1. The Morgan fingerprint density at radius 1 is 1.19 bits per heavy atom. The van der Waals surface area contributed by atoms with E-state index in [4.69, 9.17) is 16.3 Å². The minimum Gasteiger partial charge on any atom is -0.454 e. The van der Waals surface area contributed by atoms with Crippen LogP contribution in [0.25, 0.3) is 5.69 Å². The normalized spacial score (nSPS) is 10.7. The summed E-state index contributed by atoms with van der Waals surface area (Å²) < 4.78 is 20.4. The number of hydrogen-bond donors (Lipinski definition) is 0. The van der Waals surface area contributed by atoms with Crippen LogP contribution in [-0.4, -0.2) is 27.9 Å². The zero-order valence-electron chi connectivity index (χ0n) is 14.7. The van der Waals surface area contributed by atoms with Gasteiger partial charge in [0.05, 0.1) is 5.56 Å².